The van der Waals surface area contributed by atoms with Gasteiger partial charge in [-0.3, -0.25) is 20.0 Å². The van der Waals surface area contributed by atoms with Crippen LogP contribution in [0.15, 0.2) is 78.0 Å². The van der Waals surface area contributed by atoms with Crippen molar-refractivity contribution in [1.82, 2.24) is 19.7 Å². The van der Waals surface area contributed by atoms with Crippen molar-refractivity contribution in [3.8, 4) is 23.1 Å². The highest BCUT2D eigenvalue weighted by Crippen LogP contribution is 2.26. The molecule has 1 amide bonds. The van der Waals surface area contributed by atoms with E-state index in [0.717, 1.165) is 11.1 Å². The lowest BCUT2D eigenvalue weighted by atomic mass is 10.0. The fraction of sp³-hybridized carbons (Fsp3) is 0.172. The van der Waals surface area contributed by atoms with Crippen LogP contribution in [0.5, 0.6) is 0 Å². The lowest BCUT2D eigenvalue weighted by Gasteiger charge is -2.29. The van der Waals surface area contributed by atoms with Gasteiger partial charge >= 0.3 is 5.97 Å². The minimum Gasteiger partial charge on any atom is -0.481 e. The second-order valence-electron chi connectivity index (χ2n) is 9.31. The molecule has 5 rings (SSSR count). The summed E-state index contributed by atoms with van der Waals surface area (Å²) in [6.45, 7) is 0.278. The molecule has 1 fully saturated rings. The van der Waals surface area contributed by atoms with E-state index in [1.165, 1.54) is 16.4 Å². The number of hydrogen-bond donors (Lipinski definition) is 3. The number of rotatable bonds is 5. The van der Waals surface area contributed by atoms with Gasteiger partial charge in [-0.25, -0.2) is 19.2 Å². The molecule has 1 saturated heterocycles. The van der Waals surface area contributed by atoms with Crippen molar-refractivity contribution in [1.29, 1.82) is 0 Å². The number of carbonyl (C=O) groups excluding carboxylic acids is 1. The molecule has 0 radical (unpaired) electrons. The molecule has 1 unspecified atom stereocenters. The van der Waals surface area contributed by atoms with E-state index in [1.54, 1.807) is 36.7 Å². The third-order valence-corrected chi connectivity index (χ3v) is 8.62. The molecule has 1 aliphatic rings. The summed E-state index contributed by atoms with van der Waals surface area (Å²) in [6, 6.07) is 17.0. The number of carboxylic acid groups (broad SMARTS) is 1. The summed E-state index contributed by atoms with van der Waals surface area (Å²) in [5.74, 6) is 9.34. The number of hydrazine groups is 1. The summed E-state index contributed by atoms with van der Waals surface area (Å²) in [5, 5.41) is 9.87. The first-order valence-corrected chi connectivity index (χ1v) is 13.9. The van der Waals surface area contributed by atoms with Crippen molar-refractivity contribution in [3.05, 3.63) is 89.7 Å². The standard InChI is InChI=1S/C29H25N5O5S/c30-33-28(35)24-16-27(32-26-13-14-31-17-25(24)26)21-9-5-19(6-10-21)3-4-20-7-11-23(12-8-20)40(38,39)34-15-1-2-22(18-34)29(36)37/h5-14,16-17,22H,1-2,15,18,30H2,(H,33,35)(H,36,37). The molecule has 0 spiro atoms. The van der Waals surface area contributed by atoms with Crippen LogP contribution in [0.1, 0.15) is 34.3 Å². The number of benzene rings is 2. The van der Waals surface area contributed by atoms with Crippen LogP contribution >= 0.6 is 0 Å². The van der Waals surface area contributed by atoms with Crippen molar-refractivity contribution < 1.29 is 23.1 Å². The summed E-state index contributed by atoms with van der Waals surface area (Å²) in [7, 11) is -3.79. The molecular weight excluding hydrogens is 530 g/mol. The van der Waals surface area contributed by atoms with Crippen molar-refractivity contribution >= 4 is 32.8 Å². The molecule has 2 aromatic heterocycles. The molecule has 0 aliphatic carbocycles. The number of nitrogen functional groups attached to an aromatic ring is 1. The Hall–Kier alpha value is -4.63. The van der Waals surface area contributed by atoms with Crippen LogP contribution in [0.25, 0.3) is 22.2 Å². The van der Waals surface area contributed by atoms with E-state index in [-0.39, 0.29) is 11.4 Å². The highest BCUT2D eigenvalue weighted by atomic mass is 32.2. The molecule has 11 heteroatoms. The van der Waals surface area contributed by atoms with Crippen molar-refractivity contribution in [3.63, 3.8) is 0 Å². The number of nitrogens with one attached hydrogen (secondary N) is 1. The molecule has 1 aliphatic heterocycles. The molecule has 0 bridgehead atoms. The molecule has 0 saturated carbocycles. The highest BCUT2D eigenvalue weighted by molar-refractivity contribution is 7.89. The summed E-state index contributed by atoms with van der Waals surface area (Å²) in [6.07, 6.45) is 4.16. The van der Waals surface area contributed by atoms with Gasteiger partial charge in [-0.15, -0.1) is 0 Å². The molecule has 1 atom stereocenters. The Morgan fingerprint density at radius 3 is 2.35 bits per heavy atom. The summed E-state index contributed by atoms with van der Waals surface area (Å²) < 4.78 is 27.2. The predicted molar refractivity (Wildman–Crippen MR) is 148 cm³/mol. The molecular formula is C29H25N5O5S. The second-order valence-corrected chi connectivity index (χ2v) is 11.3. The predicted octanol–water partition coefficient (Wildman–Crippen LogP) is 2.79. The number of carboxylic acids is 1. The summed E-state index contributed by atoms with van der Waals surface area (Å²) in [4.78, 5) is 32.5. The van der Waals surface area contributed by atoms with E-state index in [4.69, 9.17) is 5.84 Å². The Kier molecular flexibility index (Phi) is 7.57. The van der Waals surface area contributed by atoms with Crippen molar-refractivity contribution in [2.24, 2.45) is 11.8 Å². The number of aliphatic carboxylic acids is 1. The SMILES string of the molecule is NNC(=O)c1cc(-c2ccc(C#Cc3ccc(S(=O)(=O)N4CCCC(C(=O)O)C4)cc3)cc2)nc2ccncc12. The zero-order chi connectivity index (χ0) is 28.3. The Balaban J connectivity index is 1.33. The van der Waals surface area contributed by atoms with Crippen molar-refractivity contribution in [2.45, 2.75) is 17.7 Å². The van der Waals surface area contributed by atoms with Gasteiger partial charge in [0.25, 0.3) is 5.91 Å². The monoisotopic (exact) mass is 555 g/mol. The molecule has 3 heterocycles. The van der Waals surface area contributed by atoms with Crippen molar-refractivity contribution in [2.75, 3.05) is 13.1 Å². The number of carbonyl (C=O) groups is 2. The molecule has 4 N–H and O–H groups in total. The first-order chi connectivity index (χ1) is 19.3. The summed E-state index contributed by atoms with van der Waals surface area (Å²) >= 11 is 0. The number of aromatic nitrogens is 2. The number of nitrogens with two attached hydrogens (primary N) is 1. The van der Waals surface area contributed by atoms with Gasteiger partial charge in [-0.05, 0) is 61.4 Å². The normalized spacial score (nSPS) is 15.7. The molecule has 202 valence electrons. The number of piperidine rings is 1. The Morgan fingerprint density at radius 1 is 1.02 bits per heavy atom. The maximum absolute atomic E-state index is 13.0. The Labute approximate surface area is 230 Å². The van der Waals surface area contributed by atoms with E-state index in [9.17, 15) is 23.1 Å². The maximum Gasteiger partial charge on any atom is 0.307 e. The minimum atomic E-state index is -3.79. The fourth-order valence-electron chi connectivity index (χ4n) is 4.57. The Morgan fingerprint density at radius 2 is 1.70 bits per heavy atom. The van der Waals surface area contributed by atoms with Crippen LogP contribution in [-0.4, -0.2) is 52.8 Å². The van der Waals surface area contributed by atoms with E-state index in [0.29, 0.717) is 47.1 Å². The second kappa shape index (κ2) is 11.2. The smallest absolute Gasteiger partial charge is 0.307 e. The third kappa shape index (κ3) is 5.55. The third-order valence-electron chi connectivity index (χ3n) is 6.74. The number of amides is 1. The van der Waals surface area contributed by atoms with Gasteiger partial charge in [0.1, 0.15) is 0 Å². The fourth-order valence-corrected chi connectivity index (χ4v) is 6.10. The zero-order valence-electron chi connectivity index (χ0n) is 21.2. The van der Waals surface area contributed by atoms with E-state index in [2.05, 4.69) is 27.2 Å². The molecule has 40 heavy (non-hydrogen) atoms. The van der Waals surface area contributed by atoms with E-state index < -0.39 is 27.8 Å². The van der Waals surface area contributed by atoms with Crippen LogP contribution in [0.2, 0.25) is 0 Å². The van der Waals surface area contributed by atoms with Crippen LogP contribution in [0, 0.1) is 17.8 Å². The number of nitrogens with zero attached hydrogens (tertiary/aromatic N) is 3. The first-order valence-electron chi connectivity index (χ1n) is 12.5. The quantitative estimate of drug-likeness (QED) is 0.147. The zero-order valence-corrected chi connectivity index (χ0v) is 22.1. The van der Waals surface area contributed by atoms with E-state index in [1.807, 2.05) is 24.3 Å². The highest BCUT2D eigenvalue weighted by Gasteiger charge is 2.33. The number of sulfonamides is 1. The van der Waals surface area contributed by atoms with Crippen LogP contribution in [0.4, 0.5) is 0 Å². The lowest BCUT2D eigenvalue weighted by molar-refractivity contribution is -0.142. The lowest BCUT2D eigenvalue weighted by Crippen LogP contribution is -2.42. The molecule has 10 nitrogen and oxygen atoms in total. The number of hydrogen-bond acceptors (Lipinski definition) is 7. The van der Waals surface area contributed by atoms with Gasteiger partial charge in [0.15, 0.2) is 0 Å². The van der Waals surface area contributed by atoms with Gasteiger partial charge in [0.2, 0.25) is 10.0 Å². The van der Waals surface area contributed by atoms with Gasteiger partial charge in [0.05, 0.1) is 27.6 Å². The average Bonchev–Trinajstić information content (AvgIpc) is 2.99. The van der Waals surface area contributed by atoms with Gasteiger partial charge in [0, 0.05) is 47.6 Å². The van der Waals surface area contributed by atoms with Crippen LogP contribution in [0.3, 0.4) is 0 Å². The molecule has 2 aromatic carbocycles. The summed E-state index contributed by atoms with van der Waals surface area (Å²) in [5.41, 5.74) is 5.88. The van der Waals surface area contributed by atoms with Gasteiger partial charge < -0.3 is 5.11 Å². The maximum atomic E-state index is 13.0. The topological polar surface area (TPSA) is 156 Å². The average molecular weight is 556 g/mol. The Bertz CT molecular complexity index is 1760. The van der Waals surface area contributed by atoms with Crippen LogP contribution in [-0.2, 0) is 14.8 Å². The van der Waals surface area contributed by atoms with Crippen LogP contribution < -0.4 is 11.3 Å². The van der Waals surface area contributed by atoms with Gasteiger partial charge in [-0.1, -0.05) is 24.0 Å². The van der Waals surface area contributed by atoms with E-state index >= 15 is 0 Å². The largest absolute Gasteiger partial charge is 0.481 e. The molecule has 4 aromatic rings. The first kappa shape index (κ1) is 27.0. The number of pyridine rings is 2. The number of fused-ring (bicyclic) bond motifs is 1. The minimum absolute atomic E-state index is 0.0251. The van der Waals surface area contributed by atoms with Gasteiger partial charge in [-0.2, -0.15) is 4.31 Å².